The van der Waals surface area contributed by atoms with Gasteiger partial charge in [0.1, 0.15) is 5.75 Å². The van der Waals surface area contributed by atoms with Crippen LogP contribution in [0.25, 0.3) is 0 Å². The van der Waals surface area contributed by atoms with Crippen LogP contribution in [0.4, 0.5) is 5.69 Å². The largest absolute Gasteiger partial charge is 0.492 e. The number of hydrogen-bond acceptors (Lipinski definition) is 4. The molecule has 144 valence electrons. The van der Waals surface area contributed by atoms with Crippen molar-refractivity contribution < 1.29 is 9.53 Å². The molecule has 1 fully saturated rings. The van der Waals surface area contributed by atoms with Crippen LogP contribution in [0.5, 0.6) is 5.75 Å². The van der Waals surface area contributed by atoms with Crippen molar-refractivity contribution in [3.8, 4) is 5.75 Å². The van der Waals surface area contributed by atoms with E-state index < -0.39 is 0 Å². The summed E-state index contributed by atoms with van der Waals surface area (Å²) in [6.07, 6.45) is 0.499. The summed E-state index contributed by atoms with van der Waals surface area (Å²) in [5, 5.41) is 3.33. The molecule has 0 atom stereocenters. The fourth-order valence-electron chi connectivity index (χ4n) is 3.35. The molecule has 1 saturated heterocycles. The Labute approximate surface area is 161 Å². The van der Waals surface area contributed by atoms with E-state index in [1.807, 2.05) is 42.2 Å². The number of piperazine rings is 1. The van der Waals surface area contributed by atoms with E-state index in [9.17, 15) is 4.79 Å². The number of nitrogens with one attached hydrogen (secondary N) is 1. The second kappa shape index (κ2) is 9.97. The van der Waals surface area contributed by atoms with Gasteiger partial charge in [-0.3, -0.25) is 9.69 Å². The van der Waals surface area contributed by atoms with E-state index in [0.29, 0.717) is 19.6 Å². The third kappa shape index (κ3) is 5.73. The van der Waals surface area contributed by atoms with Crippen molar-refractivity contribution in [2.45, 2.75) is 19.9 Å². The quantitative estimate of drug-likeness (QED) is 0.778. The number of carbonyl (C=O) groups is 1. The highest BCUT2D eigenvalue weighted by atomic mass is 16.5. The SMILES string of the molecule is CCOc1ccccc1NCCC(=O)N1CCN(Cc2ccccc2)CC1. The molecule has 0 aromatic heterocycles. The highest BCUT2D eigenvalue weighted by molar-refractivity contribution is 5.77. The van der Waals surface area contributed by atoms with Crippen molar-refractivity contribution in [1.29, 1.82) is 0 Å². The van der Waals surface area contributed by atoms with Crippen molar-refractivity contribution in [2.75, 3.05) is 44.6 Å². The molecule has 0 radical (unpaired) electrons. The Morgan fingerprint density at radius 2 is 1.70 bits per heavy atom. The van der Waals surface area contributed by atoms with Crippen LogP contribution in [-0.4, -0.2) is 55.0 Å². The molecule has 2 aromatic rings. The van der Waals surface area contributed by atoms with Crippen molar-refractivity contribution in [1.82, 2.24) is 9.80 Å². The fraction of sp³-hybridized carbons (Fsp3) is 0.409. The number of nitrogens with zero attached hydrogens (tertiary/aromatic N) is 2. The number of rotatable bonds is 8. The Morgan fingerprint density at radius 3 is 2.44 bits per heavy atom. The van der Waals surface area contributed by atoms with Crippen LogP contribution in [0.1, 0.15) is 18.9 Å². The highest BCUT2D eigenvalue weighted by Gasteiger charge is 2.20. The first kappa shape index (κ1) is 19.2. The van der Waals surface area contributed by atoms with Crippen LogP contribution in [0.3, 0.4) is 0 Å². The van der Waals surface area contributed by atoms with Gasteiger partial charge in [0.25, 0.3) is 0 Å². The Hall–Kier alpha value is -2.53. The molecular formula is C22H29N3O2. The summed E-state index contributed by atoms with van der Waals surface area (Å²) in [7, 11) is 0. The van der Waals surface area contributed by atoms with E-state index in [-0.39, 0.29) is 5.91 Å². The number of anilines is 1. The minimum Gasteiger partial charge on any atom is -0.492 e. The molecule has 2 aromatic carbocycles. The van der Waals surface area contributed by atoms with Gasteiger partial charge in [0.15, 0.2) is 0 Å². The zero-order chi connectivity index (χ0) is 18.9. The van der Waals surface area contributed by atoms with E-state index in [2.05, 4.69) is 34.5 Å². The predicted octanol–water partition coefficient (Wildman–Crippen LogP) is 3.23. The standard InChI is InChI=1S/C22H29N3O2/c1-2-27-21-11-7-6-10-20(21)23-13-12-22(26)25-16-14-24(15-17-25)18-19-8-4-3-5-9-19/h3-11,23H,2,12-18H2,1H3. The van der Waals surface area contributed by atoms with Gasteiger partial charge in [0.2, 0.25) is 5.91 Å². The summed E-state index contributed by atoms with van der Waals surface area (Å²) in [6, 6.07) is 18.4. The number of amides is 1. The molecule has 1 heterocycles. The van der Waals surface area contributed by atoms with Gasteiger partial charge in [-0.2, -0.15) is 0 Å². The minimum absolute atomic E-state index is 0.218. The molecule has 0 saturated carbocycles. The third-order valence-electron chi connectivity index (χ3n) is 4.82. The lowest BCUT2D eigenvalue weighted by Gasteiger charge is -2.34. The maximum absolute atomic E-state index is 12.5. The molecule has 1 N–H and O–H groups in total. The lowest BCUT2D eigenvalue weighted by Crippen LogP contribution is -2.48. The molecule has 0 spiro atoms. The predicted molar refractivity (Wildman–Crippen MR) is 109 cm³/mol. The molecule has 5 heteroatoms. The second-order valence-electron chi connectivity index (χ2n) is 6.75. The van der Waals surface area contributed by atoms with Crippen molar-refractivity contribution in [3.05, 3.63) is 60.2 Å². The van der Waals surface area contributed by atoms with Gasteiger partial charge in [-0.05, 0) is 24.6 Å². The second-order valence-corrected chi connectivity index (χ2v) is 6.75. The number of ether oxygens (including phenoxy) is 1. The van der Waals surface area contributed by atoms with Crippen LogP contribution >= 0.6 is 0 Å². The molecule has 27 heavy (non-hydrogen) atoms. The van der Waals surface area contributed by atoms with Crippen LogP contribution in [0.15, 0.2) is 54.6 Å². The first-order chi connectivity index (χ1) is 13.3. The molecule has 1 amide bonds. The summed E-state index contributed by atoms with van der Waals surface area (Å²) in [6.45, 7) is 7.65. The Bertz CT molecular complexity index is 713. The lowest BCUT2D eigenvalue weighted by molar-refractivity contribution is -0.132. The lowest BCUT2D eigenvalue weighted by atomic mass is 10.2. The average molecular weight is 367 g/mol. The maximum Gasteiger partial charge on any atom is 0.224 e. The topological polar surface area (TPSA) is 44.8 Å². The van der Waals surface area contributed by atoms with Crippen LogP contribution in [0, 0.1) is 0 Å². The van der Waals surface area contributed by atoms with Crippen molar-refractivity contribution in [2.24, 2.45) is 0 Å². The highest BCUT2D eigenvalue weighted by Crippen LogP contribution is 2.23. The first-order valence-corrected chi connectivity index (χ1v) is 9.76. The van der Waals surface area contributed by atoms with Gasteiger partial charge in [-0.25, -0.2) is 0 Å². The van der Waals surface area contributed by atoms with E-state index in [1.54, 1.807) is 0 Å². The Kier molecular flexibility index (Phi) is 7.11. The monoisotopic (exact) mass is 367 g/mol. The van der Waals surface area contributed by atoms with Gasteiger partial charge in [-0.15, -0.1) is 0 Å². The Morgan fingerprint density at radius 1 is 1.00 bits per heavy atom. The molecule has 1 aliphatic heterocycles. The van der Waals surface area contributed by atoms with E-state index in [1.165, 1.54) is 5.56 Å². The summed E-state index contributed by atoms with van der Waals surface area (Å²) in [5.74, 6) is 1.05. The van der Waals surface area contributed by atoms with Gasteiger partial charge >= 0.3 is 0 Å². The van der Waals surface area contributed by atoms with Gasteiger partial charge in [-0.1, -0.05) is 42.5 Å². The smallest absolute Gasteiger partial charge is 0.224 e. The zero-order valence-electron chi connectivity index (χ0n) is 16.1. The maximum atomic E-state index is 12.5. The molecular weight excluding hydrogens is 338 g/mol. The molecule has 0 unspecified atom stereocenters. The van der Waals surface area contributed by atoms with Crippen LogP contribution < -0.4 is 10.1 Å². The van der Waals surface area contributed by atoms with E-state index in [0.717, 1.165) is 44.2 Å². The summed E-state index contributed by atoms with van der Waals surface area (Å²) >= 11 is 0. The molecule has 3 rings (SSSR count). The van der Waals surface area contributed by atoms with Gasteiger partial charge < -0.3 is 15.0 Å². The molecule has 5 nitrogen and oxygen atoms in total. The summed E-state index contributed by atoms with van der Waals surface area (Å²) in [4.78, 5) is 16.9. The third-order valence-corrected chi connectivity index (χ3v) is 4.82. The van der Waals surface area contributed by atoms with Crippen LogP contribution in [0.2, 0.25) is 0 Å². The molecule has 0 aliphatic carbocycles. The summed E-state index contributed by atoms with van der Waals surface area (Å²) in [5.41, 5.74) is 2.27. The first-order valence-electron chi connectivity index (χ1n) is 9.76. The zero-order valence-corrected chi connectivity index (χ0v) is 16.1. The van der Waals surface area contributed by atoms with Crippen LogP contribution in [-0.2, 0) is 11.3 Å². The molecule has 0 bridgehead atoms. The normalized spacial score (nSPS) is 14.8. The summed E-state index contributed by atoms with van der Waals surface area (Å²) < 4.78 is 5.61. The Balaban J connectivity index is 1.40. The van der Waals surface area contributed by atoms with Crippen molar-refractivity contribution in [3.63, 3.8) is 0 Å². The minimum atomic E-state index is 0.218. The van der Waals surface area contributed by atoms with Crippen molar-refractivity contribution >= 4 is 11.6 Å². The average Bonchev–Trinajstić information content (AvgIpc) is 2.71. The molecule has 1 aliphatic rings. The van der Waals surface area contributed by atoms with Gasteiger partial charge in [0, 0.05) is 45.7 Å². The van der Waals surface area contributed by atoms with E-state index >= 15 is 0 Å². The fourth-order valence-corrected chi connectivity index (χ4v) is 3.35. The number of benzene rings is 2. The number of carbonyl (C=O) groups excluding carboxylic acids is 1. The number of hydrogen-bond donors (Lipinski definition) is 1. The van der Waals surface area contributed by atoms with E-state index in [4.69, 9.17) is 4.74 Å². The van der Waals surface area contributed by atoms with Gasteiger partial charge in [0.05, 0.1) is 12.3 Å². The number of para-hydroxylation sites is 2.